The number of carbonyl (C=O) groups is 2. The number of esters is 2. The Morgan fingerprint density at radius 3 is 1.44 bits per heavy atom. The summed E-state index contributed by atoms with van der Waals surface area (Å²) in [7, 11) is 0. The monoisotopic (exact) mass is 556 g/mol. The van der Waals surface area contributed by atoms with Crippen molar-refractivity contribution >= 4 is 11.9 Å². The molecule has 4 nitrogen and oxygen atoms in total. The molecule has 3 aromatic carbocycles. The topological polar surface area (TPSA) is 52.6 Å². The number of ether oxygens (including phenoxy) is 2. The number of unbranched alkanes of at least 4 members (excludes halogenated alkanes) is 10. The fraction of sp³-hybridized carbons (Fsp3) is 0.459. The third-order valence-corrected chi connectivity index (χ3v) is 7.54. The minimum Gasteiger partial charge on any atom is -0.462 e. The van der Waals surface area contributed by atoms with Gasteiger partial charge in [0.1, 0.15) is 0 Å². The fourth-order valence-corrected chi connectivity index (χ4v) is 5.21. The van der Waals surface area contributed by atoms with Gasteiger partial charge < -0.3 is 9.47 Å². The van der Waals surface area contributed by atoms with Gasteiger partial charge in [0.25, 0.3) is 0 Å². The minimum absolute atomic E-state index is 0.0873. The summed E-state index contributed by atoms with van der Waals surface area (Å²) in [5, 5.41) is 0. The van der Waals surface area contributed by atoms with Gasteiger partial charge in [-0.15, -0.1) is 0 Å². The first-order valence-electron chi connectivity index (χ1n) is 15.7. The quantitative estimate of drug-likeness (QED) is 0.0837. The first-order chi connectivity index (χ1) is 20.2. The zero-order chi connectivity index (χ0) is 29.1. The Morgan fingerprint density at radius 1 is 0.512 bits per heavy atom. The van der Waals surface area contributed by atoms with Crippen LogP contribution in [0.5, 0.6) is 0 Å². The minimum atomic E-state index is -0.466. The van der Waals surface area contributed by atoms with E-state index in [1.54, 1.807) is 6.07 Å². The van der Waals surface area contributed by atoms with E-state index in [1.807, 2.05) is 48.5 Å². The fourth-order valence-electron chi connectivity index (χ4n) is 5.21. The summed E-state index contributed by atoms with van der Waals surface area (Å²) in [6.45, 7) is 5.11. The zero-order valence-electron chi connectivity index (χ0n) is 25.1. The third kappa shape index (κ3) is 10.8. The van der Waals surface area contributed by atoms with Gasteiger partial charge in [0.05, 0.1) is 24.3 Å². The van der Waals surface area contributed by atoms with Crippen LogP contribution in [0.15, 0.2) is 78.9 Å². The van der Waals surface area contributed by atoms with Gasteiger partial charge >= 0.3 is 11.9 Å². The van der Waals surface area contributed by atoms with Crippen molar-refractivity contribution in [2.24, 2.45) is 0 Å². The first kappa shape index (κ1) is 32.1. The number of carbonyl (C=O) groups excluding carboxylic acids is 2. The third-order valence-electron chi connectivity index (χ3n) is 7.54. The molecule has 4 heteroatoms. The van der Waals surface area contributed by atoms with E-state index in [9.17, 15) is 9.59 Å². The molecule has 0 amide bonds. The summed E-state index contributed by atoms with van der Waals surface area (Å²) in [5.41, 5.74) is 3.71. The van der Waals surface area contributed by atoms with E-state index in [0.29, 0.717) is 13.2 Å². The Kier molecular flexibility index (Phi) is 14.8. The molecule has 0 N–H and O–H groups in total. The Balaban J connectivity index is 1.80. The lowest BCUT2D eigenvalue weighted by atomic mass is 9.84. The van der Waals surface area contributed by atoms with Crippen LogP contribution in [0.4, 0.5) is 0 Å². The van der Waals surface area contributed by atoms with Gasteiger partial charge in [0, 0.05) is 5.92 Å². The van der Waals surface area contributed by atoms with Crippen molar-refractivity contribution in [2.45, 2.75) is 96.8 Å². The van der Waals surface area contributed by atoms with E-state index in [-0.39, 0.29) is 17.0 Å². The van der Waals surface area contributed by atoms with Crippen LogP contribution in [0.25, 0.3) is 0 Å². The number of hydrogen-bond acceptors (Lipinski definition) is 4. The number of benzene rings is 3. The summed E-state index contributed by atoms with van der Waals surface area (Å²) in [5.74, 6) is -1.02. The van der Waals surface area contributed by atoms with E-state index >= 15 is 0 Å². The second-order valence-electron chi connectivity index (χ2n) is 10.9. The normalized spacial score (nSPS) is 11.0. The maximum atomic E-state index is 13.4. The molecule has 3 rings (SSSR count). The smallest absolute Gasteiger partial charge is 0.339 e. The molecule has 0 bridgehead atoms. The second-order valence-corrected chi connectivity index (χ2v) is 10.9. The molecule has 41 heavy (non-hydrogen) atoms. The van der Waals surface area contributed by atoms with Crippen LogP contribution in [0.1, 0.15) is 134 Å². The molecular weight excluding hydrogens is 508 g/mol. The second kappa shape index (κ2) is 18.9. The van der Waals surface area contributed by atoms with Crippen molar-refractivity contribution < 1.29 is 19.1 Å². The molecule has 0 aliphatic carbocycles. The van der Waals surface area contributed by atoms with Gasteiger partial charge in [0.2, 0.25) is 0 Å². The molecule has 0 heterocycles. The van der Waals surface area contributed by atoms with Crippen molar-refractivity contribution in [2.75, 3.05) is 13.2 Å². The van der Waals surface area contributed by atoms with Crippen LogP contribution in [-0.4, -0.2) is 25.2 Å². The lowest BCUT2D eigenvalue weighted by Gasteiger charge is -2.20. The van der Waals surface area contributed by atoms with E-state index < -0.39 is 11.9 Å². The van der Waals surface area contributed by atoms with E-state index in [1.165, 1.54) is 38.5 Å². The average molecular weight is 557 g/mol. The van der Waals surface area contributed by atoms with Crippen molar-refractivity contribution in [3.8, 4) is 0 Å². The van der Waals surface area contributed by atoms with Crippen molar-refractivity contribution in [1.29, 1.82) is 0 Å². The molecule has 3 aromatic rings. The molecule has 0 saturated heterocycles. The summed E-state index contributed by atoms with van der Waals surface area (Å²) < 4.78 is 11.3. The maximum Gasteiger partial charge on any atom is 0.339 e. The number of hydrogen-bond donors (Lipinski definition) is 0. The van der Waals surface area contributed by atoms with Crippen LogP contribution in [0.2, 0.25) is 0 Å². The highest BCUT2D eigenvalue weighted by Gasteiger charge is 2.24. The van der Waals surface area contributed by atoms with Gasteiger partial charge in [-0.1, -0.05) is 145 Å². The highest BCUT2D eigenvalue weighted by molar-refractivity contribution is 6.03. The van der Waals surface area contributed by atoms with E-state index in [2.05, 4.69) is 38.1 Å². The summed E-state index contributed by atoms with van der Waals surface area (Å²) >= 11 is 0. The van der Waals surface area contributed by atoms with Crippen molar-refractivity contribution in [3.63, 3.8) is 0 Å². The molecule has 0 fully saturated rings. The van der Waals surface area contributed by atoms with Crippen molar-refractivity contribution in [3.05, 3.63) is 107 Å². The Bertz CT molecular complexity index is 1120. The molecule has 0 aliphatic rings. The van der Waals surface area contributed by atoms with Crippen LogP contribution >= 0.6 is 0 Å². The van der Waals surface area contributed by atoms with Gasteiger partial charge in [-0.2, -0.15) is 0 Å². The average Bonchev–Trinajstić information content (AvgIpc) is 3.01. The van der Waals surface area contributed by atoms with Crippen molar-refractivity contribution in [1.82, 2.24) is 0 Å². The molecule has 0 saturated carbocycles. The van der Waals surface area contributed by atoms with Gasteiger partial charge in [-0.05, 0) is 41.7 Å². The summed E-state index contributed by atoms with van der Waals surface area (Å²) in [6.07, 6.45) is 13.3. The molecule has 0 atom stereocenters. The molecule has 0 unspecified atom stereocenters. The summed E-state index contributed by atoms with van der Waals surface area (Å²) in [4.78, 5) is 26.6. The Hall–Kier alpha value is -3.40. The maximum absolute atomic E-state index is 13.4. The van der Waals surface area contributed by atoms with E-state index in [0.717, 1.165) is 55.2 Å². The largest absolute Gasteiger partial charge is 0.462 e. The summed E-state index contributed by atoms with van der Waals surface area (Å²) in [6, 6.07) is 26.0. The zero-order valence-corrected chi connectivity index (χ0v) is 25.1. The van der Waals surface area contributed by atoms with Gasteiger partial charge in [0.15, 0.2) is 0 Å². The standard InChI is InChI=1S/C37H48O4/c1-3-5-7-9-11-19-27-40-36(38)33-26-25-32(29-34(33)37(39)41-28-20-12-10-8-6-4-2)35(30-21-15-13-16-22-30)31-23-17-14-18-24-31/h13-18,21-26,29,35H,3-12,19-20,27-28H2,1-2H3. The molecule has 0 radical (unpaired) electrons. The van der Waals surface area contributed by atoms with E-state index in [4.69, 9.17) is 9.47 Å². The van der Waals surface area contributed by atoms with Crippen LogP contribution in [-0.2, 0) is 9.47 Å². The Morgan fingerprint density at radius 2 is 0.951 bits per heavy atom. The Labute approximate surface area is 247 Å². The highest BCUT2D eigenvalue weighted by atomic mass is 16.5. The van der Waals surface area contributed by atoms with Crippen LogP contribution in [0.3, 0.4) is 0 Å². The predicted octanol–water partition coefficient (Wildman–Crippen LogP) is 9.90. The van der Waals surface area contributed by atoms with Crippen LogP contribution < -0.4 is 0 Å². The predicted molar refractivity (Wildman–Crippen MR) is 168 cm³/mol. The van der Waals surface area contributed by atoms with Gasteiger partial charge in [-0.25, -0.2) is 9.59 Å². The SMILES string of the molecule is CCCCCCCCOC(=O)c1ccc(C(c2ccccc2)c2ccccc2)cc1C(=O)OCCCCCCCC. The van der Waals surface area contributed by atoms with Gasteiger partial charge in [-0.3, -0.25) is 0 Å². The molecule has 0 aromatic heterocycles. The molecule has 0 aliphatic heterocycles. The lowest BCUT2D eigenvalue weighted by Crippen LogP contribution is -2.16. The highest BCUT2D eigenvalue weighted by Crippen LogP contribution is 2.33. The number of rotatable bonds is 19. The molecule has 0 spiro atoms. The molecular formula is C37H48O4. The molecule has 220 valence electrons. The lowest BCUT2D eigenvalue weighted by molar-refractivity contribution is 0.0450. The van der Waals surface area contributed by atoms with Crippen LogP contribution in [0, 0.1) is 0 Å². The first-order valence-corrected chi connectivity index (χ1v) is 15.7.